The number of carbonyl (C=O) groups excluding carboxylic acids is 1. The summed E-state index contributed by atoms with van der Waals surface area (Å²) in [7, 11) is 3.59. The number of rotatable bonds is 4. The molecule has 1 amide bonds. The Morgan fingerprint density at radius 2 is 2.40 bits per heavy atom. The molecule has 0 unspecified atom stereocenters. The van der Waals surface area contributed by atoms with Gasteiger partial charge in [-0.05, 0) is 22.0 Å². The number of anilines is 1. The summed E-state index contributed by atoms with van der Waals surface area (Å²) in [5.41, 5.74) is 1.04. The maximum Gasteiger partial charge on any atom is 0.221 e. The molecule has 0 radical (unpaired) electrons. The lowest BCUT2D eigenvalue weighted by Gasteiger charge is -2.19. The standard InChI is InChI=1S/C10H14BrN3O/c1-12-10(15)4-6-14(2)9-3-5-13-7-8(9)11/h3,5,7H,4,6H2,1-2H3,(H,12,15). The van der Waals surface area contributed by atoms with Gasteiger partial charge < -0.3 is 10.2 Å². The fraction of sp³-hybridized carbons (Fsp3) is 0.400. The van der Waals surface area contributed by atoms with Crippen molar-refractivity contribution in [3.8, 4) is 0 Å². The van der Waals surface area contributed by atoms with E-state index in [9.17, 15) is 4.79 Å². The fourth-order valence-corrected chi connectivity index (χ4v) is 1.75. The highest BCUT2D eigenvalue weighted by atomic mass is 79.9. The van der Waals surface area contributed by atoms with Crippen molar-refractivity contribution in [2.24, 2.45) is 0 Å². The van der Waals surface area contributed by atoms with E-state index in [1.807, 2.05) is 18.0 Å². The molecule has 1 aromatic heterocycles. The molecule has 4 nitrogen and oxygen atoms in total. The van der Waals surface area contributed by atoms with Gasteiger partial charge in [-0.3, -0.25) is 9.78 Å². The summed E-state index contributed by atoms with van der Waals surface area (Å²) < 4.78 is 0.935. The highest BCUT2D eigenvalue weighted by Gasteiger charge is 2.06. The quantitative estimate of drug-likeness (QED) is 0.901. The number of aromatic nitrogens is 1. The zero-order valence-electron chi connectivity index (χ0n) is 8.83. The van der Waals surface area contributed by atoms with Crippen LogP contribution in [0.5, 0.6) is 0 Å². The molecule has 0 aliphatic rings. The first kappa shape index (κ1) is 12.0. The summed E-state index contributed by atoms with van der Waals surface area (Å²) in [5, 5.41) is 2.60. The molecule has 0 bridgehead atoms. The maximum atomic E-state index is 11.1. The van der Waals surface area contributed by atoms with Gasteiger partial charge in [0, 0.05) is 39.5 Å². The molecule has 15 heavy (non-hydrogen) atoms. The summed E-state index contributed by atoms with van der Waals surface area (Å²) in [6.45, 7) is 0.683. The van der Waals surface area contributed by atoms with Crippen molar-refractivity contribution in [2.75, 3.05) is 25.5 Å². The summed E-state index contributed by atoms with van der Waals surface area (Å²) >= 11 is 3.42. The molecule has 0 aliphatic heterocycles. The first-order chi connectivity index (χ1) is 7.15. The van der Waals surface area contributed by atoms with Crippen LogP contribution in [0.3, 0.4) is 0 Å². The lowest BCUT2D eigenvalue weighted by molar-refractivity contribution is -0.120. The van der Waals surface area contributed by atoms with Crippen LogP contribution in [0.4, 0.5) is 5.69 Å². The second-order valence-corrected chi connectivity index (χ2v) is 4.03. The van der Waals surface area contributed by atoms with Gasteiger partial charge >= 0.3 is 0 Å². The minimum absolute atomic E-state index is 0.0482. The third kappa shape index (κ3) is 3.51. The zero-order valence-corrected chi connectivity index (χ0v) is 10.4. The number of halogens is 1. The Morgan fingerprint density at radius 1 is 1.67 bits per heavy atom. The monoisotopic (exact) mass is 271 g/mol. The topological polar surface area (TPSA) is 45.2 Å². The average Bonchev–Trinajstić information content (AvgIpc) is 2.26. The summed E-state index contributed by atoms with van der Waals surface area (Å²) in [5.74, 6) is 0.0482. The zero-order chi connectivity index (χ0) is 11.3. The Hall–Kier alpha value is -1.10. The Morgan fingerprint density at radius 3 is 3.00 bits per heavy atom. The van der Waals surface area contributed by atoms with Crippen LogP contribution >= 0.6 is 15.9 Å². The molecule has 0 atom stereocenters. The van der Waals surface area contributed by atoms with Crippen LogP contribution in [0.1, 0.15) is 6.42 Å². The predicted molar refractivity (Wildman–Crippen MR) is 63.9 cm³/mol. The number of carbonyl (C=O) groups is 1. The van der Waals surface area contributed by atoms with E-state index in [2.05, 4.69) is 26.2 Å². The van der Waals surface area contributed by atoms with Crippen molar-refractivity contribution in [3.63, 3.8) is 0 Å². The van der Waals surface area contributed by atoms with Crippen LogP contribution in [0.2, 0.25) is 0 Å². The lowest BCUT2D eigenvalue weighted by atomic mass is 10.3. The number of nitrogens with one attached hydrogen (secondary N) is 1. The van der Waals surface area contributed by atoms with Gasteiger partial charge in [-0.25, -0.2) is 0 Å². The SMILES string of the molecule is CNC(=O)CCN(C)c1ccncc1Br. The molecule has 0 aromatic carbocycles. The number of pyridine rings is 1. The van der Waals surface area contributed by atoms with E-state index in [1.165, 1.54) is 0 Å². The third-order valence-corrected chi connectivity index (χ3v) is 2.73. The molecule has 1 aromatic rings. The molecule has 0 fully saturated rings. The molecule has 5 heteroatoms. The van der Waals surface area contributed by atoms with Gasteiger partial charge in [-0.15, -0.1) is 0 Å². The van der Waals surface area contributed by atoms with E-state index >= 15 is 0 Å². The van der Waals surface area contributed by atoms with Crippen molar-refractivity contribution in [2.45, 2.75) is 6.42 Å². The van der Waals surface area contributed by atoms with Gasteiger partial charge in [-0.2, -0.15) is 0 Å². The van der Waals surface area contributed by atoms with Crippen LogP contribution < -0.4 is 10.2 Å². The van der Waals surface area contributed by atoms with Crippen LogP contribution in [0.25, 0.3) is 0 Å². The number of hydrogen-bond donors (Lipinski definition) is 1. The second kappa shape index (κ2) is 5.70. The third-order valence-electron chi connectivity index (χ3n) is 2.12. The van der Waals surface area contributed by atoms with Crippen molar-refractivity contribution >= 4 is 27.5 Å². The van der Waals surface area contributed by atoms with Gasteiger partial charge in [0.05, 0.1) is 10.2 Å². The molecular weight excluding hydrogens is 258 g/mol. The van der Waals surface area contributed by atoms with Gasteiger partial charge in [0.1, 0.15) is 0 Å². The smallest absolute Gasteiger partial charge is 0.221 e. The Bertz CT molecular complexity index is 343. The molecular formula is C10H14BrN3O. The molecule has 0 spiro atoms. The van der Waals surface area contributed by atoms with E-state index in [0.29, 0.717) is 13.0 Å². The van der Waals surface area contributed by atoms with E-state index in [4.69, 9.17) is 0 Å². The fourth-order valence-electron chi connectivity index (χ4n) is 1.19. The molecule has 82 valence electrons. The molecule has 0 saturated heterocycles. The summed E-state index contributed by atoms with van der Waals surface area (Å²) in [4.78, 5) is 17.1. The van der Waals surface area contributed by atoms with Gasteiger partial charge in [0.15, 0.2) is 0 Å². The van der Waals surface area contributed by atoms with Crippen LogP contribution in [-0.2, 0) is 4.79 Å². The molecule has 0 saturated carbocycles. The molecule has 1 heterocycles. The van der Waals surface area contributed by atoms with Gasteiger partial charge in [-0.1, -0.05) is 0 Å². The minimum atomic E-state index is 0.0482. The maximum absolute atomic E-state index is 11.1. The van der Waals surface area contributed by atoms with E-state index in [1.54, 1.807) is 19.4 Å². The van der Waals surface area contributed by atoms with Gasteiger partial charge in [0.2, 0.25) is 5.91 Å². The van der Waals surface area contributed by atoms with E-state index < -0.39 is 0 Å². The van der Waals surface area contributed by atoms with E-state index in [0.717, 1.165) is 10.2 Å². The van der Waals surface area contributed by atoms with Gasteiger partial charge in [0.25, 0.3) is 0 Å². The average molecular weight is 272 g/mol. The van der Waals surface area contributed by atoms with Crippen molar-refractivity contribution in [3.05, 3.63) is 22.9 Å². The number of amides is 1. The lowest BCUT2D eigenvalue weighted by Crippen LogP contribution is -2.26. The van der Waals surface area contributed by atoms with Crippen molar-refractivity contribution < 1.29 is 4.79 Å². The normalized spacial score (nSPS) is 9.80. The van der Waals surface area contributed by atoms with Crippen LogP contribution in [-0.4, -0.2) is 31.5 Å². The van der Waals surface area contributed by atoms with E-state index in [-0.39, 0.29) is 5.91 Å². The predicted octanol–water partition coefficient (Wildman–Crippen LogP) is 1.42. The second-order valence-electron chi connectivity index (χ2n) is 3.17. The summed E-state index contributed by atoms with van der Waals surface area (Å²) in [6, 6.07) is 1.91. The highest BCUT2D eigenvalue weighted by molar-refractivity contribution is 9.10. The number of hydrogen-bond acceptors (Lipinski definition) is 3. The first-order valence-electron chi connectivity index (χ1n) is 4.66. The minimum Gasteiger partial charge on any atom is -0.373 e. The first-order valence-corrected chi connectivity index (χ1v) is 5.45. The molecule has 0 aliphatic carbocycles. The molecule has 1 rings (SSSR count). The molecule has 1 N–H and O–H groups in total. The Kier molecular flexibility index (Phi) is 4.55. The Balaban J connectivity index is 2.57. The summed E-state index contributed by atoms with van der Waals surface area (Å²) in [6.07, 6.45) is 3.96. The largest absolute Gasteiger partial charge is 0.373 e. The highest BCUT2D eigenvalue weighted by Crippen LogP contribution is 2.23. The van der Waals surface area contributed by atoms with Crippen molar-refractivity contribution in [1.82, 2.24) is 10.3 Å². The van der Waals surface area contributed by atoms with Crippen LogP contribution in [0, 0.1) is 0 Å². The van der Waals surface area contributed by atoms with Crippen molar-refractivity contribution in [1.29, 1.82) is 0 Å². The van der Waals surface area contributed by atoms with Crippen LogP contribution in [0.15, 0.2) is 22.9 Å². The number of nitrogens with zero attached hydrogens (tertiary/aromatic N) is 2. The Labute approximate surface area is 97.8 Å².